The predicted molar refractivity (Wildman–Crippen MR) is 139 cm³/mol. The van der Waals surface area contributed by atoms with Crippen molar-refractivity contribution in [2.75, 3.05) is 25.4 Å². The second kappa shape index (κ2) is 15.1. The minimum atomic E-state index is -5.08. The zero-order chi connectivity index (χ0) is 32.4. The Balaban J connectivity index is 0.000000384. The van der Waals surface area contributed by atoms with E-state index in [-0.39, 0.29) is 17.7 Å². The lowest BCUT2D eigenvalue weighted by Gasteiger charge is -2.40. The fourth-order valence-corrected chi connectivity index (χ4v) is 6.56. The molecule has 0 unspecified atom stereocenters. The molecule has 1 aromatic heterocycles. The van der Waals surface area contributed by atoms with Crippen LogP contribution in [0.5, 0.6) is 0 Å². The normalized spacial score (nSPS) is 20.2. The van der Waals surface area contributed by atoms with Crippen molar-refractivity contribution in [2.45, 2.75) is 49.5 Å². The van der Waals surface area contributed by atoms with E-state index in [1.807, 2.05) is 53.6 Å². The topological polar surface area (TPSA) is 145 Å². The van der Waals surface area contributed by atoms with Crippen LogP contribution in [0.15, 0.2) is 54.9 Å². The fourth-order valence-electron chi connectivity index (χ4n) is 4.51. The first kappa shape index (κ1) is 35.5. The van der Waals surface area contributed by atoms with Crippen molar-refractivity contribution < 1.29 is 59.4 Å². The first-order valence-electron chi connectivity index (χ1n) is 12.7. The van der Waals surface area contributed by atoms with Crippen LogP contribution in [0.25, 0.3) is 0 Å². The molecular weight excluding hydrogens is 612 g/mol. The van der Waals surface area contributed by atoms with Gasteiger partial charge in [0.05, 0.1) is 17.4 Å². The van der Waals surface area contributed by atoms with Crippen molar-refractivity contribution in [2.24, 2.45) is 0 Å². The maximum Gasteiger partial charge on any atom is 0.490 e. The number of fused-ring (bicyclic) bond motifs is 1. The smallest absolute Gasteiger partial charge is 0.475 e. The molecule has 17 heteroatoms. The van der Waals surface area contributed by atoms with Gasteiger partial charge < -0.3 is 15.1 Å². The second-order valence-electron chi connectivity index (χ2n) is 9.53. The summed E-state index contributed by atoms with van der Waals surface area (Å²) in [5, 5.41) is 13.8. The standard InChI is InChI=1S/C22H27N3O3S.2C2HF3O2/c26-22(15-18-5-2-1-3-6-18)24-11-8-20-21(9-12-24)29(27,28)14-13-25(20)17-19-7-4-10-23-16-19;2*3-2(4,5)1(6)7/h1-7,10,16,20-21H,8-9,11-15,17H2;2*(H,6,7)/t20-,21+;;/m0../s1. The molecule has 2 N–H and O–H groups in total. The van der Waals surface area contributed by atoms with E-state index in [0.717, 1.165) is 11.1 Å². The number of carboxylic acids is 2. The van der Waals surface area contributed by atoms with Gasteiger partial charge in [-0.2, -0.15) is 26.3 Å². The van der Waals surface area contributed by atoms with Crippen LogP contribution >= 0.6 is 0 Å². The van der Waals surface area contributed by atoms with Gasteiger partial charge in [0, 0.05) is 44.6 Å². The van der Waals surface area contributed by atoms with E-state index < -0.39 is 39.4 Å². The molecule has 2 aliphatic heterocycles. The number of pyridine rings is 1. The van der Waals surface area contributed by atoms with E-state index >= 15 is 0 Å². The number of aliphatic carboxylic acids is 2. The Labute approximate surface area is 242 Å². The number of halogens is 6. The molecule has 4 rings (SSSR count). The van der Waals surface area contributed by atoms with Gasteiger partial charge in [-0.25, -0.2) is 18.0 Å². The van der Waals surface area contributed by atoms with Gasteiger partial charge in [-0.1, -0.05) is 36.4 Å². The number of alkyl halides is 6. The van der Waals surface area contributed by atoms with Crippen molar-refractivity contribution in [3.05, 3.63) is 66.0 Å². The van der Waals surface area contributed by atoms with E-state index in [2.05, 4.69) is 9.88 Å². The molecule has 1 aromatic carbocycles. The Bertz CT molecular complexity index is 1300. The van der Waals surface area contributed by atoms with Crippen LogP contribution < -0.4 is 0 Å². The number of benzene rings is 1. The molecule has 0 radical (unpaired) electrons. The van der Waals surface area contributed by atoms with E-state index in [9.17, 15) is 39.6 Å². The number of likely N-dealkylation sites (tertiary alicyclic amines) is 1. The van der Waals surface area contributed by atoms with Gasteiger partial charge in [0.15, 0.2) is 9.84 Å². The molecule has 0 spiro atoms. The van der Waals surface area contributed by atoms with Crippen LogP contribution in [-0.4, -0.2) is 100 Å². The van der Waals surface area contributed by atoms with Crippen molar-refractivity contribution in [3.63, 3.8) is 0 Å². The summed E-state index contributed by atoms with van der Waals surface area (Å²) < 4.78 is 89.1. The number of sulfone groups is 1. The third-order valence-electron chi connectivity index (χ3n) is 6.55. The van der Waals surface area contributed by atoms with Crippen molar-refractivity contribution in [3.8, 4) is 0 Å². The molecule has 43 heavy (non-hydrogen) atoms. The van der Waals surface area contributed by atoms with Crippen LogP contribution in [0.1, 0.15) is 24.0 Å². The highest BCUT2D eigenvalue weighted by atomic mass is 32.2. The number of aromatic nitrogens is 1. The van der Waals surface area contributed by atoms with Gasteiger partial charge in [-0.05, 0) is 30.0 Å². The van der Waals surface area contributed by atoms with Gasteiger partial charge in [0.25, 0.3) is 0 Å². The summed E-state index contributed by atoms with van der Waals surface area (Å²) >= 11 is 0. The number of hydrogen-bond acceptors (Lipinski definition) is 7. The fraction of sp³-hybridized carbons (Fsp3) is 0.462. The largest absolute Gasteiger partial charge is 0.490 e. The number of rotatable bonds is 4. The average Bonchev–Trinajstić information content (AvgIpc) is 3.16. The molecule has 2 saturated heterocycles. The number of hydrogen-bond donors (Lipinski definition) is 2. The summed E-state index contributed by atoms with van der Waals surface area (Å²) in [7, 11) is -3.14. The summed E-state index contributed by atoms with van der Waals surface area (Å²) in [6.07, 6.45) is -5.02. The summed E-state index contributed by atoms with van der Waals surface area (Å²) in [4.78, 5) is 38.9. The number of carbonyl (C=O) groups excluding carboxylic acids is 1. The molecule has 2 atom stereocenters. The third kappa shape index (κ3) is 11.5. The summed E-state index contributed by atoms with van der Waals surface area (Å²) in [5.74, 6) is -5.25. The number of amides is 1. The molecule has 238 valence electrons. The summed E-state index contributed by atoms with van der Waals surface area (Å²) in [6, 6.07) is 13.6. The molecule has 3 heterocycles. The molecule has 2 fully saturated rings. The van der Waals surface area contributed by atoms with Crippen molar-refractivity contribution >= 4 is 27.7 Å². The molecule has 0 saturated carbocycles. The monoisotopic (exact) mass is 641 g/mol. The second-order valence-corrected chi connectivity index (χ2v) is 11.9. The van der Waals surface area contributed by atoms with Crippen molar-refractivity contribution in [1.29, 1.82) is 0 Å². The highest BCUT2D eigenvalue weighted by Crippen LogP contribution is 2.29. The predicted octanol–water partition coefficient (Wildman–Crippen LogP) is 3.18. The molecule has 0 bridgehead atoms. The maximum absolute atomic E-state index is 12.8. The van der Waals surface area contributed by atoms with Crippen LogP contribution in [0, 0.1) is 0 Å². The van der Waals surface area contributed by atoms with Gasteiger partial charge >= 0.3 is 24.3 Å². The lowest BCUT2D eigenvalue weighted by molar-refractivity contribution is -0.193. The molecule has 10 nitrogen and oxygen atoms in total. The number of carboxylic acid groups (broad SMARTS) is 2. The van der Waals surface area contributed by atoms with Crippen LogP contribution in [-0.2, 0) is 37.2 Å². The summed E-state index contributed by atoms with van der Waals surface area (Å²) in [5.41, 5.74) is 2.08. The van der Waals surface area contributed by atoms with Crippen LogP contribution in [0.4, 0.5) is 26.3 Å². The quantitative estimate of drug-likeness (QED) is 0.481. The highest BCUT2D eigenvalue weighted by molar-refractivity contribution is 7.92. The van der Waals surface area contributed by atoms with E-state index in [1.165, 1.54) is 0 Å². The molecular formula is C26H29F6N3O7S. The average molecular weight is 642 g/mol. The van der Waals surface area contributed by atoms with Gasteiger partial charge in [0.2, 0.25) is 5.91 Å². The third-order valence-corrected chi connectivity index (χ3v) is 8.77. The number of nitrogens with zero attached hydrogens (tertiary/aromatic N) is 3. The molecule has 1 amide bonds. The Kier molecular flexibility index (Phi) is 12.5. The minimum absolute atomic E-state index is 0.0523. The van der Waals surface area contributed by atoms with Gasteiger partial charge in [0.1, 0.15) is 0 Å². The van der Waals surface area contributed by atoms with Gasteiger partial charge in [-0.3, -0.25) is 14.7 Å². The first-order valence-corrected chi connectivity index (χ1v) is 14.4. The lowest BCUT2D eigenvalue weighted by Crippen LogP contribution is -2.54. The Morgan fingerprint density at radius 1 is 0.837 bits per heavy atom. The molecule has 2 aliphatic rings. The molecule has 2 aromatic rings. The van der Waals surface area contributed by atoms with Crippen LogP contribution in [0.2, 0.25) is 0 Å². The lowest BCUT2D eigenvalue weighted by atomic mass is 10.1. The SMILES string of the molecule is O=C(Cc1ccccc1)N1CC[C@@H]2[C@H](CC1)N(Cc1cccnc1)CCS2(=O)=O.O=C(O)C(F)(F)F.O=C(O)C(F)(F)F. The van der Waals surface area contributed by atoms with E-state index in [4.69, 9.17) is 19.8 Å². The van der Waals surface area contributed by atoms with Crippen molar-refractivity contribution in [1.82, 2.24) is 14.8 Å². The maximum atomic E-state index is 12.8. The van der Waals surface area contributed by atoms with Crippen LogP contribution in [0.3, 0.4) is 0 Å². The molecule has 0 aliphatic carbocycles. The Morgan fingerprint density at radius 3 is 1.88 bits per heavy atom. The summed E-state index contributed by atoms with van der Waals surface area (Å²) in [6.45, 7) is 2.34. The zero-order valence-corrected chi connectivity index (χ0v) is 23.3. The Morgan fingerprint density at radius 2 is 1.37 bits per heavy atom. The first-order chi connectivity index (χ1) is 19.9. The van der Waals surface area contributed by atoms with E-state index in [0.29, 0.717) is 45.4 Å². The van der Waals surface area contributed by atoms with E-state index in [1.54, 1.807) is 6.20 Å². The zero-order valence-electron chi connectivity index (χ0n) is 22.5. The number of carbonyl (C=O) groups is 3. The minimum Gasteiger partial charge on any atom is -0.475 e. The van der Waals surface area contributed by atoms with Gasteiger partial charge in [-0.15, -0.1) is 0 Å². The Hall–Kier alpha value is -3.73. The highest BCUT2D eigenvalue weighted by Gasteiger charge is 2.43.